The summed E-state index contributed by atoms with van der Waals surface area (Å²) < 4.78 is 5.53. The van der Waals surface area contributed by atoms with Crippen LogP contribution in [-0.2, 0) is 11.3 Å². The van der Waals surface area contributed by atoms with Gasteiger partial charge in [-0.3, -0.25) is 0 Å². The normalized spacial score (nSPS) is 18.9. The Kier molecular flexibility index (Phi) is 4.06. The summed E-state index contributed by atoms with van der Waals surface area (Å²) in [6, 6.07) is 0. The molecular weight excluding hydrogens is 242 g/mol. The van der Waals surface area contributed by atoms with Gasteiger partial charge in [0.05, 0.1) is 42.9 Å². The van der Waals surface area contributed by atoms with Crippen molar-refractivity contribution in [2.45, 2.75) is 45.8 Å². The number of ether oxygens (including phenoxy) is 1. The van der Waals surface area contributed by atoms with Gasteiger partial charge in [0.1, 0.15) is 5.82 Å². The highest BCUT2D eigenvalue weighted by Gasteiger charge is 2.32. The van der Waals surface area contributed by atoms with Gasteiger partial charge in [-0.2, -0.15) is 0 Å². The van der Waals surface area contributed by atoms with Crippen LogP contribution in [0.15, 0.2) is 6.20 Å². The predicted octanol–water partition coefficient (Wildman–Crippen LogP) is 1.71. The molecule has 0 radical (unpaired) electrons. The summed E-state index contributed by atoms with van der Waals surface area (Å²) in [5, 5.41) is 9.58. The molecule has 5 heteroatoms. The maximum absolute atomic E-state index is 9.58. The quantitative estimate of drug-likeness (QED) is 0.901. The number of hydrogen-bond donors (Lipinski definition) is 1. The summed E-state index contributed by atoms with van der Waals surface area (Å²) in [7, 11) is 0. The van der Waals surface area contributed by atoms with Gasteiger partial charge in [-0.05, 0) is 13.8 Å². The molecule has 1 aromatic rings. The van der Waals surface area contributed by atoms with Gasteiger partial charge in [0.25, 0.3) is 0 Å². The van der Waals surface area contributed by atoms with E-state index >= 15 is 0 Å². The van der Waals surface area contributed by atoms with Crippen LogP contribution < -0.4 is 4.90 Å². The molecule has 1 aromatic heterocycles. The number of anilines is 1. The second-order valence-electron chi connectivity index (χ2n) is 5.89. The molecule has 5 nitrogen and oxygen atoms in total. The molecule has 2 rings (SSSR count). The van der Waals surface area contributed by atoms with Gasteiger partial charge in [-0.15, -0.1) is 0 Å². The number of hydrogen-bond acceptors (Lipinski definition) is 5. The first-order chi connectivity index (χ1) is 8.95. The van der Waals surface area contributed by atoms with Crippen molar-refractivity contribution in [3.05, 3.63) is 17.7 Å². The molecule has 19 heavy (non-hydrogen) atoms. The summed E-state index contributed by atoms with van der Waals surface area (Å²) >= 11 is 0. The summed E-state index contributed by atoms with van der Waals surface area (Å²) in [6.07, 6.45) is 1.83. The number of aromatic nitrogens is 2. The van der Waals surface area contributed by atoms with Gasteiger partial charge in [0.2, 0.25) is 0 Å². The van der Waals surface area contributed by atoms with Crippen molar-refractivity contribution < 1.29 is 9.84 Å². The summed E-state index contributed by atoms with van der Waals surface area (Å²) in [5.41, 5.74) is 1.51. The fraction of sp³-hybridized carbons (Fsp3) is 0.714. The van der Waals surface area contributed by atoms with E-state index in [-0.39, 0.29) is 18.1 Å². The minimum absolute atomic E-state index is 0.0645. The van der Waals surface area contributed by atoms with Crippen molar-refractivity contribution in [1.29, 1.82) is 0 Å². The Morgan fingerprint density at radius 2 is 2.21 bits per heavy atom. The van der Waals surface area contributed by atoms with E-state index in [0.29, 0.717) is 18.9 Å². The summed E-state index contributed by atoms with van der Waals surface area (Å²) in [5.74, 6) is 1.04. The van der Waals surface area contributed by atoms with Crippen molar-refractivity contribution in [3.8, 4) is 0 Å². The molecule has 0 spiro atoms. The van der Waals surface area contributed by atoms with E-state index in [9.17, 15) is 5.11 Å². The van der Waals surface area contributed by atoms with Crippen LogP contribution in [-0.4, -0.2) is 40.4 Å². The molecule has 0 aliphatic carbocycles. The molecule has 0 atom stereocenters. The van der Waals surface area contributed by atoms with Gasteiger partial charge < -0.3 is 14.7 Å². The Labute approximate surface area is 114 Å². The molecular formula is C14H23N3O2. The fourth-order valence-corrected chi connectivity index (χ4v) is 2.35. The highest BCUT2D eigenvalue weighted by molar-refractivity contribution is 5.51. The predicted molar refractivity (Wildman–Crippen MR) is 74.3 cm³/mol. The van der Waals surface area contributed by atoms with Gasteiger partial charge in [0.15, 0.2) is 0 Å². The number of nitrogens with zero attached hydrogens (tertiary/aromatic N) is 3. The van der Waals surface area contributed by atoms with Crippen LogP contribution in [0.25, 0.3) is 0 Å². The van der Waals surface area contributed by atoms with Crippen LogP contribution >= 0.6 is 0 Å². The van der Waals surface area contributed by atoms with Crippen molar-refractivity contribution in [3.63, 3.8) is 0 Å². The summed E-state index contributed by atoms with van der Waals surface area (Å²) in [6.45, 7) is 10.5. The van der Waals surface area contributed by atoms with E-state index in [0.717, 1.165) is 18.1 Å². The lowest BCUT2D eigenvalue weighted by Crippen LogP contribution is -2.53. The first kappa shape index (κ1) is 14.2. The smallest absolute Gasteiger partial charge is 0.131 e. The van der Waals surface area contributed by atoms with E-state index in [1.54, 1.807) is 0 Å². The van der Waals surface area contributed by atoms with Crippen LogP contribution in [0.4, 0.5) is 5.69 Å². The third-order valence-electron chi connectivity index (χ3n) is 3.47. The zero-order valence-corrected chi connectivity index (χ0v) is 12.2. The minimum atomic E-state index is -0.106. The van der Waals surface area contributed by atoms with Crippen molar-refractivity contribution in [1.82, 2.24) is 9.97 Å². The molecule has 0 aromatic carbocycles. The Morgan fingerprint density at radius 3 is 2.79 bits per heavy atom. The second kappa shape index (κ2) is 5.43. The van der Waals surface area contributed by atoms with Crippen molar-refractivity contribution in [2.24, 2.45) is 0 Å². The standard InChI is InChI=1S/C14H23N3O2/c1-10(2)13-15-7-12(11(8-18)16-13)17-5-6-19-9-14(17,3)4/h7,10,18H,5-6,8-9H2,1-4H3. The van der Waals surface area contributed by atoms with Crippen LogP contribution in [0.1, 0.15) is 45.1 Å². The molecule has 0 bridgehead atoms. The molecule has 1 saturated heterocycles. The largest absolute Gasteiger partial charge is 0.390 e. The lowest BCUT2D eigenvalue weighted by Gasteiger charge is -2.44. The van der Waals surface area contributed by atoms with E-state index in [4.69, 9.17) is 4.74 Å². The average molecular weight is 265 g/mol. The first-order valence-electron chi connectivity index (χ1n) is 6.78. The fourth-order valence-electron chi connectivity index (χ4n) is 2.35. The molecule has 0 saturated carbocycles. The highest BCUT2D eigenvalue weighted by atomic mass is 16.5. The Morgan fingerprint density at radius 1 is 1.47 bits per heavy atom. The monoisotopic (exact) mass is 265 g/mol. The Balaban J connectivity index is 2.38. The minimum Gasteiger partial charge on any atom is -0.390 e. The number of aliphatic hydroxyl groups excluding tert-OH is 1. The van der Waals surface area contributed by atoms with Gasteiger partial charge >= 0.3 is 0 Å². The molecule has 106 valence electrons. The van der Waals surface area contributed by atoms with Crippen LogP contribution in [0, 0.1) is 0 Å². The maximum atomic E-state index is 9.58. The molecule has 1 aliphatic heterocycles. The second-order valence-corrected chi connectivity index (χ2v) is 5.89. The molecule has 0 unspecified atom stereocenters. The van der Waals surface area contributed by atoms with Crippen molar-refractivity contribution >= 4 is 5.69 Å². The zero-order valence-electron chi connectivity index (χ0n) is 12.2. The Hall–Kier alpha value is -1.20. The van der Waals surface area contributed by atoms with E-state index < -0.39 is 0 Å². The number of aliphatic hydroxyl groups is 1. The third kappa shape index (κ3) is 2.87. The number of rotatable bonds is 3. The lowest BCUT2D eigenvalue weighted by molar-refractivity contribution is 0.0640. The van der Waals surface area contributed by atoms with E-state index in [1.807, 2.05) is 6.20 Å². The van der Waals surface area contributed by atoms with Crippen LogP contribution in [0.2, 0.25) is 0 Å². The van der Waals surface area contributed by atoms with Gasteiger partial charge in [0, 0.05) is 12.5 Å². The SMILES string of the molecule is CC(C)c1ncc(N2CCOCC2(C)C)c(CO)n1. The third-order valence-corrected chi connectivity index (χ3v) is 3.47. The summed E-state index contributed by atoms with van der Waals surface area (Å²) in [4.78, 5) is 11.1. The number of morpholine rings is 1. The van der Waals surface area contributed by atoms with Crippen molar-refractivity contribution in [2.75, 3.05) is 24.7 Å². The molecule has 1 fully saturated rings. The molecule has 1 N–H and O–H groups in total. The maximum Gasteiger partial charge on any atom is 0.131 e. The average Bonchev–Trinajstić information content (AvgIpc) is 2.37. The molecule has 0 amide bonds. The van der Waals surface area contributed by atoms with Crippen LogP contribution in [0.3, 0.4) is 0 Å². The molecule has 1 aliphatic rings. The highest BCUT2D eigenvalue weighted by Crippen LogP contribution is 2.29. The topological polar surface area (TPSA) is 58.5 Å². The van der Waals surface area contributed by atoms with Crippen LogP contribution in [0.5, 0.6) is 0 Å². The molecule has 2 heterocycles. The van der Waals surface area contributed by atoms with E-state index in [1.165, 1.54) is 0 Å². The lowest BCUT2D eigenvalue weighted by atomic mass is 10.0. The van der Waals surface area contributed by atoms with E-state index in [2.05, 4.69) is 42.6 Å². The van der Waals surface area contributed by atoms with Gasteiger partial charge in [-0.25, -0.2) is 9.97 Å². The first-order valence-corrected chi connectivity index (χ1v) is 6.78. The Bertz CT molecular complexity index is 446. The zero-order chi connectivity index (χ0) is 14.0. The van der Waals surface area contributed by atoms with Gasteiger partial charge in [-0.1, -0.05) is 13.8 Å².